The molecule has 4 nitrogen and oxygen atoms in total. The Labute approximate surface area is 232 Å². The number of halogens is 2. The van der Waals surface area contributed by atoms with Crippen molar-refractivity contribution in [2.45, 2.75) is 45.2 Å². The molecule has 0 aromatic heterocycles. The third-order valence-corrected chi connectivity index (χ3v) is 7.76. The second-order valence-corrected chi connectivity index (χ2v) is 10.9. The van der Waals surface area contributed by atoms with Gasteiger partial charge in [-0.25, -0.2) is 13.8 Å². The maximum Gasteiger partial charge on any atom is 0.237 e. The summed E-state index contributed by atoms with van der Waals surface area (Å²) in [5.41, 5.74) is 5.94. The van der Waals surface area contributed by atoms with E-state index in [4.69, 9.17) is 4.99 Å². The van der Waals surface area contributed by atoms with Gasteiger partial charge in [0.25, 0.3) is 0 Å². The van der Waals surface area contributed by atoms with Crippen molar-refractivity contribution in [2.24, 2.45) is 4.99 Å². The molecule has 0 saturated heterocycles. The first kappa shape index (κ1) is 26.9. The molecule has 1 unspecified atom stereocenters. The highest BCUT2D eigenvalue weighted by Crippen LogP contribution is 2.41. The van der Waals surface area contributed by atoms with Gasteiger partial charge in [0.1, 0.15) is 17.7 Å². The Balaban J connectivity index is 1.44. The van der Waals surface area contributed by atoms with Crippen LogP contribution in [0.15, 0.2) is 101 Å². The van der Waals surface area contributed by atoms with Gasteiger partial charge < -0.3 is 10.2 Å². The molecule has 0 radical (unpaired) electrons. The zero-order chi connectivity index (χ0) is 27.4. The molecule has 3 aromatic carbocycles. The van der Waals surface area contributed by atoms with E-state index in [2.05, 4.69) is 11.4 Å². The predicted molar refractivity (Wildman–Crippen MR) is 156 cm³/mol. The lowest BCUT2D eigenvalue weighted by Gasteiger charge is -2.33. The monoisotopic (exact) mass is 543 g/mol. The number of amidine groups is 1. The summed E-state index contributed by atoms with van der Waals surface area (Å²) in [5.74, 6) is -0.348. The van der Waals surface area contributed by atoms with Gasteiger partial charge in [-0.2, -0.15) is 0 Å². The van der Waals surface area contributed by atoms with Crippen LogP contribution in [0.3, 0.4) is 0 Å². The van der Waals surface area contributed by atoms with E-state index < -0.39 is 0 Å². The molecule has 7 heteroatoms. The van der Waals surface area contributed by atoms with Crippen LogP contribution in [0.4, 0.5) is 14.5 Å². The van der Waals surface area contributed by atoms with E-state index in [1.54, 1.807) is 29.2 Å². The lowest BCUT2D eigenvalue weighted by atomic mass is 9.84. The molecule has 0 spiro atoms. The van der Waals surface area contributed by atoms with E-state index in [0.717, 1.165) is 52.9 Å². The van der Waals surface area contributed by atoms with Crippen LogP contribution in [0.1, 0.15) is 50.3 Å². The fourth-order valence-corrected chi connectivity index (χ4v) is 5.86. The summed E-state index contributed by atoms with van der Waals surface area (Å²) in [7, 11) is 0. The van der Waals surface area contributed by atoms with Crippen molar-refractivity contribution in [3.63, 3.8) is 0 Å². The number of hydrogen-bond donors (Lipinski definition) is 1. The lowest BCUT2D eigenvalue weighted by Crippen LogP contribution is -2.39. The third-order valence-electron chi connectivity index (χ3n) is 6.89. The number of hydrogen-bond acceptors (Lipinski definition) is 4. The summed E-state index contributed by atoms with van der Waals surface area (Å²) in [5, 5.41) is 4.17. The van der Waals surface area contributed by atoms with Crippen molar-refractivity contribution < 1.29 is 13.6 Å². The molecule has 3 aromatic rings. The average Bonchev–Trinajstić information content (AvgIpc) is 2.94. The van der Waals surface area contributed by atoms with Crippen LogP contribution in [-0.2, 0) is 4.79 Å². The number of carbonyl (C=O) groups is 1. The molecule has 39 heavy (non-hydrogen) atoms. The van der Waals surface area contributed by atoms with Gasteiger partial charge in [-0.15, -0.1) is 0 Å². The van der Waals surface area contributed by atoms with Crippen LogP contribution < -0.4 is 10.2 Å². The Morgan fingerprint density at radius 2 is 1.67 bits per heavy atom. The van der Waals surface area contributed by atoms with Crippen molar-refractivity contribution in [3.8, 4) is 0 Å². The number of benzene rings is 3. The quantitative estimate of drug-likeness (QED) is 0.347. The van der Waals surface area contributed by atoms with Crippen LogP contribution in [0, 0.1) is 11.6 Å². The van der Waals surface area contributed by atoms with Crippen LogP contribution in [0.5, 0.6) is 0 Å². The first-order chi connectivity index (χ1) is 18.9. The topological polar surface area (TPSA) is 44.7 Å². The van der Waals surface area contributed by atoms with Gasteiger partial charge in [0.2, 0.25) is 5.91 Å². The number of allylic oxidation sites excluding steroid dienone is 1. The molecule has 0 fully saturated rings. The molecule has 5 rings (SSSR count). The van der Waals surface area contributed by atoms with Gasteiger partial charge in [0, 0.05) is 17.4 Å². The van der Waals surface area contributed by atoms with Crippen LogP contribution in [0.25, 0.3) is 6.08 Å². The molecule has 1 aliphatic carbocycles. The Kier molecular flexibility index (Phi) is 8.27. The number of rotatable bonds is 6. The number of para-hydroxylation sites is 1. The smallest absolute Gasteiger partial charge is 0.237 e. The largest absolute Gasteiger partial charge is 0.335 e. The fourth-order valence-electron chi connectivity index (χ4n) is 5.11. The summed E-state index contributed by atoms with van der Waals surface area (Å²) in [6.07, 6.45) is 4.77. The van der Waals surface area contributed by atoms with Crippen molar-refractivity contribution in [1.82, 2.24) is 5.32 Å². The minimum Gasteiger partial charge on any atom is -0.335 e. The standard InChI is InChI=1S/C32H31F2N3OS/c1-21(2)37(27-8-4-3-5-9-27)29(38)20-39-32-35-30(23-13-17-26(34)18-14-23)28-10-6-7-24(31(28)36-32)19-22-11-15-25(33)16-12-22/h3-5,8-9,11-19,21,30H,6-7,10,20H2,1-2H3,(H,35,36)/b24-19+. The minimum atomic E-state index is -0.290. The van der Waals surface area contributed by atoms with Gasteiger partial charge >= 0.3 is 0 Å². The first-order valence-corrected chi connectivity index (χ1v) is 14.2. The molecule has 200 valence electrons. The number of nitrogens with zero attached hydrogens (tertiary/aromatic N) is 2. The van der Waals surface area contributed by atoms with Crippen molar-refractivity contribution in [3.05, 3.63) is 118 Å². The Hall–Kier alpha value is -3.71. The summed E-state index contributed by atoms with van der Waals surface area (Å²) in [6.45, 7) is 4.00. The zero-order valence-electron chi connectivity index (χ0n) is 22.0. The highest BCUT2D eigenvalue weighted by molar-refractivity contribution is 8.14. The number of carbonyl (C=O) groups excluding carboxylic acids is 1. The Morgan fingerprint density at radius 3 is 2.33 bits per heavy atom. The minimum absolute atomic E-state index is 0.00506. The first-order valence-electron chi connectivity index (χ1n) is 13.2. The van der Waals surface area contributed by atoms with E-state index >= 15 is 0 Å². The van der Waals surface area contributed by atoms with Gasteiger partial charge in [0.15, 0.2) is 5.17 Å². The Bertz CT molecular complexity index is 1410. The molecule has 2 aliphatic rings. The van der Waals surface area contributed by atoms with Crippen molar-refractivity contribution in [1.29, 1.82) is 0 Å². The molecule has 1 heterocycles. The SMILES string of the molecule is CC(C)N(C(=O)CSC1=NC(c2ccc(F)cc2)C2=C(N1)/C(=C/c1ccc(F)cc1)CCC2)c1ccccc1. The summed E-state index contributed by atoms with van der Waals surface area (Å²) >= 11 is 1.38. The van der Waals surface area contributed by atoms with E-state index in [9.17, 15) is 13.6 Å². The van der Waals surface area contributed by atoms with Gasteiger partial charge in [0.05, 0.1) is 5.75 Å². The molecule has 0 bridgehead atoms. The van der Waals surface area contributed by atoms with Crippen molar-refractivity contribution >= 4 is 34.6 Å². The molecule has 1 aliphatic heterocycles. The normalized spacial score (nSPS) is 18.0. The summed E-state index contributed by atoms with van der Waals surface area (Å²) in [6, 6.07) is 22.3. The van der Waals surface area contributed by atoms with Crippen LogP contribution >= 0.6 is 11.8 Å². The highest BCUT2D eigenvalue weighted by Gasteiger charge is 2.31. The van der Waals surface area contributed by atoms with E-state index in [1.807, 2.05) is 44.2 Å². The number of aliphatic imine (C=N–C) groups is 1. The lowest BCUT2D eigenvalue weighted by molar-refractivity contribution is -0.116. The molecule has 1 atom stereocenters. The van der Waals surface area contributed by atoms with Crippen molar-refractivity contribution in [2.75, 3.05) is 10.7 Å². The summed E-state index contributed by atoms with van der Waals surface area (Å²) < 4.78 is 27.2. The molecule has 0 saturated carbocycles. The number of anilines is 1. The maximum atomic E-state index is 13.7. The molecular formula is C32H31F2N3OS. The maximum absolute atomic E-state index is 13.7. The third kappa shape index (κ3) is 6.31. The van der Waals surface area contributed by atoms with E-state index in [0.29, 0.717) is 5.17 Å². The molecular weight excluding hydrogens is 512 g/mol. The van der Waals surface area contributed by atoms with Gasteiger partial charge in [-0.3, -0.25) is 4.79 Å². The van der Waals surface area contributed by atoms with Gasteiger partial charge in [-0.1, -0.05) is 54.2 Å². The zero-order valence-corrected chi connectivity index (χ0v) is 22.8. The average molecular weight is 544 g/mol. The number of amides is 1. The van der Waals surface area contributed by atoms with E-state index in [-0.39, 0.29) is 35.4 Å². The van der Waals surface area contributed by atoms with E-state index in [1.165, 1.54) is 36.0 Å². The summed E-state index contributed by atoms with van der Waals surface area (Å²) in [4.78, 5) is 20.2. The van der Waals surface area contributed by atoms with Gasteiger partial charge in [-0.05, 0) is 97.9 Å². The van der Waals surface area contributed by atoms with Crippen LogP contribution in [0.2, 0.25) is 0 Å². The van der Waals surface area contributed by atoms with Crippen LogP contribution in [-0.4, -0.2) is 22.9 Å². The predicted octanol–water partition coefficient (Wildman–Crippen LogP) is 7.66. The second-order valence-electron chi connectivity index (χ2n) is 9.97. The molecule has 1 N–H and O–H groups in total. The Morgan fingerprint density at radius 1 is 1.00 bits per heavy atom. The highest BCUT2D eigenvalue weighted by atomic mass is 32.2. The fraction of sp³-hybridized carbons (Fsp3) is 0.250. The number of nitrogens with one attached hydrogen (secondary N) is 1. The number of thioether (sulfide) groups is 1. The second kappa shape index (κ2) is 12.0. The molecule has 1 amide bonds.